The molecule has 0 aliphatic heterocycles. The third kappa shape index (κ3) is 0.706. The summed E-state index contributed by atoms with van der Waals surface area (Å²) in [5.74, 6) is 1.54. The van der Waals surface area contributed by atoms with Crippen LogP contribution in [0.2, 0.25) is 0 Å². The molecule has 0 aromatic heterocycles. The van der Waals surface area contributed by atoms with Crippen molar-refractivity contribution in [3.63, 3.8) is 0 Å². The van der Waals surface area contributed by atoms with Gasteiger partial charge in [-0.05, 0) is 18.3 Å². The smallest absolute Gasteiger partial charge is 0.0106 e. The van der Waals surface area contributed by atoms with Gasteiger partial charge < -0.3 is 0 Å². The molecule has 0 nitrogen and oxygen atoms in total. The lowest BCUT2D eigenvalue weighted by Gasteiger charge is -1.81. The summed E-state index contributed by atoms with van der Waals surface area (Å²) in [5, 5.41) is 0. The van der Waals surface area contributed by atoms with E-state index < -0.39 is 0 Å². The molecule has 0 bridgehead atoms. The average molecular weight is 108 g/mol. The molecule has 0 amide bonds. The Morgan fingerprint density at radius 3 is 2.38 bits per heavy atom. The molecule has 0 spiro atoms. The first-order chi connectivity index (χ1) is 3.77. The van der Waals surface area contributed by atoms with Crippen molar-refractivity contribution in [1.82, 2.24) is 0 Å². The van der Waals surface area contributed by atoms with Gasteiger partial charge in [-0.15, -0.1) is 6.58 Å². The molecule has 2 unspecified atom stereocenters. The van der Waals surface area contributed by atoms with Gasteiger partial charge in [-0.25, -0.2) is 0 Å². The van der Waals surface area contributed by atoms with E-state index in [1.807, 2.05) is 6.08 Å². The van der Waals surface area contributed by atoms with E-state index in [9.17, 15) is 0 Å². The minimum Gasteiger partial charge on any atom is -0.103 e. The van der Waals surface area contributed by atoms with Gasteiger partial charge in [-0.3, -0.25) is 0 Å². The Balaban J connectivity index is 2.33. The van der Waals surface area contributed by atoms with Crippen LogP contribution in [0.25, 0.3) is 0 Å². The third-order valence-electron chi connectivity index (χ3n) is 1.98. The summed E-state index contributed by atoms with van der Waals surface area (Å²) in [5.41, 5.74) is 1.41. The minimum atomic E-state index is 0.771. The van der Waals surface area contributed by atoms with Crippen LogP contribution in [-0.4, -0.2) is 0 Å². The molecule has 44 valence electrons. The molecule has 1 rings (SSSR count). The standard InChI is InChI=1S/C8H12/c1-4-5-8-6(2)7(8)3/h4,7-8H,1-2,5H2,3H3. The number of allylic oxidation sites excluding steroid dienone is 2. The second-order valence-corrected chi connectivity index (χ2v) is 2.49. The van der Waals surface area contributed by atoms with Crippen LogP contribution in [0.1, 0.15) is 13.3 Å². The maximum Gasteiger partial charge on any atom is -0.0106 e. The Labute approximate surface area is 50.9 Å². The summed E-state index contributed by atoms with van der Waals surface area (Å²) in [4.78, 5) is 0. The quantitative estimate of drug-likeness (QED) is 0.476. The van der Waals surface area contributed by atoms with E-state index in [2.05, 4.69) is 20.1 Å². The highest BCUT2D eigenvalue weighted by Gasteiger charge is 2.36. The average Bonchev–Trinajstić information content (AvgIpc) is 2.25. The first-order valence-electron chi connectivity index (χ1n) is 3.07. The van der Waals surface area contributed by atoms with Gasteiger partial charge in [0.15, 0.2) is 0 Å². The van der Waals surface area contributed by atoms with Gasteiger partial charge in [0.2, 0.25) is 0 Å². The van der Waals surface area contributed by atoms with Gasteiger partial charge in [-0.1, -0.05) is 25.2 Å². The van der Waals surface area contributed by atoms with Gasteiger partial charge in [0.25, 0.3) is 0 Å². The molecular formula is C8H12. The van der Waals surface area contributed by atoms with Gasteiger partial charge in [0.05, 0.1) is 0 Å². The lowest BCUT2D eigenvalue weighted by atomic mass is 10.2. The van der Waals surface area contributed by atoms with Gasteiger partial charge in [0.1, 0.15) is 0 Å². The molecule has 1 saturated carbocycles. The van der Waals surface area contributed by atoms with Crippen molar-refractivity contribution in [2.24, 2.45) is 11.8 Å². The van der Waals surface area contributed by atoms with Crippen LogP contribution in [0.15, 0.2) is 24.8 Å². The van der Waals surface area contributed by atoms with Crippen molar-refractivity contribution in [2.45, 2.75) is 13.3 Å². The van der Waals surface area contributed by atoms with E-state index in [0.29, 0.717) is 0 Å². The van der Waals surface area contributed by atoms with Crippen LogP contribution < -0.4 is 0 Å². The Kier molecular flexibility index (Phi) is 1.24. The highest BCUT2D eigenvalue weighted by molar-refractivity contribution is 5.25. The van der Waals surface area contributed by atoms with Crippen molar-refractivity contribution in [3.05, 3.63) is 24.8 Å². The van der Waals surface area contributed by atoms with Crippen LogP contribution >= 0.6 is 0 Å². The summed E-state index contributed by atoms with van der Waals surface area (Å²) in [6, 6.07) is 0. The first-order valence-corrected chi connectivity index (χ1v) is 3.07. The predicted octanol–water partition coefficient (Wildman–Crippen LogP) is 2.38. The van der Waals surface area contributed by atoms with Gasteiger partial charge >= 0.3 is 0 Å². The second kappa shape index (κ2) is 1.77. The number of hydrogen-bond acceptors (Lipinski definition) is 0. The molecule has 2 atom stereocenters. The second-order valence-electron chi connectivity index (χ2n) is 2.49. The summed E-state index contributed by atoms with van der Waals surface area (Å²) < 4.78 is 0. The summed E-state index contributed by atoms with van der Waals surface area (Å²) in [7, 11) is 0. The molecular weight excluding hydrogens is 96.1 g/mol. The fourth-order valence-electron chi connectivity index (χ4n) is 1.08. The topological polar surface area (TPSA) is 0 Å². The molecule has 0 saturated heterocycles. The largest absolute Gasteiger partial charge is 0.103 e. The van der Waals surface area contributed by atoms with Gasteiger partial charge in [-0.2, -0.15) is 0 Å². The van der Waals surface area contributed by atoms with Crippen LogP contribution in [0.5, 0.6) is 0 Å². The first kappa shape index (κ1) is 5.61. The van der Waals surface area contributed by atoms with Crippen molar-refractivity contribution in [2.75, 3.05) is 0 Å². The van der Waals surface area contributed by atoms with E-state index in [4.69, 9.17) is 0 Å². The maximum absolute atomic E-state index is 3.90. The fraction of sp³-hybridized carbons (Fsp3) is 0.500. The Morgan fingerprint density at radius 1 is 1.75 bits per heavy atom. The normalized spacial score (nSPS) is 34.9. The number of rotatable bonds is 2. The monoisotopic (exact) mass is 108 g/mol. The van der Waals surface area contributed by atoms with E-state index >= 15 is 0 Å². The zero-order valence-electron chi connectivity index (χ0n) is 5.35. The fourth-order valence-corrected chi connectivity index (χ4v) is 1.08. The third-order valence-corrected chi connectivity index (χ3v) is 1.98. The molecule has 8 heavy (non-hydrogen) atoms. The molecule has 1 aliphatic carbocycles. The lowest BCUT2D eigenvalue weighted by molar-refractivity contribution is 0.768. The summed E-state index contributed by atoms with van der Waals surface area (Å²) in [6.45, 7) is 9.79. The Morgan fingerprint density at radius 2 is 2.25 bits per heavy atom. The highest BCUT2D eigenvalue weighted by Crippen LogP contribution is 2.46. The molecule has 0 N–H and O–H groups in total. The summed E-state index contributed by atoms with van der Waals surface area (Å²) in [6.07, 6.45) is 3.10. The van der Waals surface area contributed by atoms with E-state index in [1.54, 1.807) is 0 Å². The molecule has 0 heteroatoms. The SMILES string of the molecule is C=CCC1C(=C)C1C. The van der Waals surface area contributed by atoms with Crippen molar-refractivity contribution < 1.29 is 0 Å². The highest BCUT2D eigenvalue weighted by atomic mass is 14.4. The Bertz CT molecular complexity index is 122. The van der Waals surface area contributed by atoms with Crippen LogP contribution in [0.3, 0.4) is 0 Å². The molecule has 1 aliphatic rings. The molecule has 0 radical (unpaired) electrons. The number of hydrogen-bond donors (Lipinski definition) is 0. The van der Waals surface area contributed by atoms with Crippen molar-refractivity contribution in [1.29, 1.82) is 0 Å². The van der Waals surface area contributed by atoms with E-state index in [0.717, 1.165) is 18.3 Å². The minimum absolute atomic E-state index is 0.771. The zero-order valence-corrected chi connectivity index (χ0v) is 5.35. The summed E-state index contributed by atoms with van der Waals surface area (Å²) >= 11 is 0. The predicted molar refractivity (Wildman–Crippen MR) is 36.6 cm³/mol. The molecule has 0 aromatic rings. The van der Waals surface area contributed by atoms with Crippen LogP contribution in [0, 0.1) is 11.8 Å². The van der Waals surface area contributed by atoms with E-state index in [1.165, 1.54) is 5.57 Å². The molecule has 0 heterocycles. The van der Waals surface area contributed by atoms with Crippen molar-refractivity contribution >= 4 is 0 Å². The lowest BCUT2D eigenvalue weighted by Crippen LogP contribution is -1.70. The van der Waals surface area contributed by atoms with Crippen LogP contribution in [0.4, 0.5) is 0 Å². The Hall–Kier alpha value is -0.520. The zero-order chi connectivity index (χ0) is 6.15. The molecule has 0 aromatic carbocycles. The van der Waals surface area contributed by atoms with Crippen LogP contribution in [-0.2, 0) is 0 Å². The molecule has 1 fully saturated rings. The van der Waals surface area contributed by atoms with Gasteiger partial charge in [0, 0.05) is 0 Å². The maximum atomic E-state index is 3.90. The van der Waals surface area contributed by atoms with E-state index in [-0.39, 0.29) is 0 Å². The van der Waals surface area contributed by atoms with Crippen molar-refractivity contribution in [3.8, 4) is 0 Å².